The average molecular weight is 451 g/mol. The Hall–Kier alpha value is -3.17. The topological polar surface area (TPSA) is 84.7 Å². The van der Waals surface area contributed by atoms with Gasteiger partial charge in [-0.05, 0) is 45.0 Å². The highest BCUT2D eigenvalue weighted by molar-refractivity contribution is 8.01. The van der Waals surface area contributed by atoms with E-state index in [0.717, 1.165) is 32.8 Å². The van der Waals surface area contributed by atoms with E-state index in [0.29, 0.717) is 5.13 Å². The molecular weight excluding hydrogens is 428 g/mol. The second-order valence-corrected chi connectivity index (χ2v) is 9.19. The van der Waals surface area contributed by atoms with E-state index in [-0.39, 0.29) is 11.7 Å². The van der Waals surface area contributed by atoms with E-state index in [9.17, 15) is 4.79 Å². The van der Waals surface area contributed by atoms with Crippen molar-refractivity contribution >= 4 is 45.5 Å². The lowest BCUT2D eigenvalue weighted by Crippen LogP contribution is -2.15. The van der Waals surface area contributed by atoms with E-state index in [4.69, 9.17) is 0 Å². The number of amides is 1. The number of nitrogens with one attached hydrogen (secondary N) is 2. The summed E-state index contributed by atoms with van der Waals surface area (Å²) in [5, 5.41) is 19.8. The molecular formula is C22H22N6OS2. The van der Waals surface area contributed by atoms with Crippen molar-refractivity contribution < 1.29 is 4.79 Å². The molecule has 7 nitrogen and oxygen atoms in total. The lowest BCUT2D eigenvalue weighted by atomic mass is 10.2. The summed E-state index contributed by atoms with van der Waals surface area (Å²) in [6.45, 7) is 5.90. The molecule has 4 aromatic rings. The van der Waals surface area contributed by atoms with E-state index in [1.165, 1.54) is 28.7 Å². The van der Waals surface area contributed by atoms with Crippen LogP contribution in [0.4, 0.5) is 16.5 Å². The Morgan fingerprint density at radius 1 is 1.03 bits per heavy atom. The summed E-state index contributed by atoms with van der Waals surface area (Å²) in [7, 11) is 0. The molecule has 0 spiro atoms. The molecule has 4 rings (SSSR count). The van der Waals surface area contributed by atoms with Crippen molar-refractivity contribution in [3.05, 3.63) is 71.5 Å². The smallest absolute Gasteiger partial charge is 0.234 e. The largest absolute Gasteiger partial charge is 0.330 e. The van der Waals surface area contributed by atoms with Crippen molar-refractivity contribution in [1.82, 2.24) is 20.0 Å². The molecule has 0 radical (unpaired) electrons. The van der Waals surface area contributed by atoms with Crippen LogP contribution < -0.4 is 10.6 Å². The molecule has 2 heterocycles. The Bertz CT molecular complexity index is 1180. The Morgan fingerprint density at radius 2 is 1.77 bits per heavy atom. The van der Waals surface area contributed by atoms with E-state index >= 15 is 0 Å². The number of para-hydroxylation sites is 1. The summed E-state index contributed by atoms with van der Waals surface area (Å²) in [5.74, 6) is 0.140. The van der Waals surface area contributed by atoms with Crippen molar-refractivity contribution in [1.29, 1.82) is 0 Å². The number of thioether (sulfide) groups is 1. The number of nitrogens with zero attached hydrogens (tertiary/aromatic N) is 4. The third-order valence-corrected chi connectivity index (χ3v) is 6.56. The summed E-state index contributed by atoms with van der Waals surface area (Å²) >= 11 is 2.78. The van der Waals surface area contributed by atoms with Crippen molar-refractivity contribution in [2.45, 2.75) is 25.1 Å². The molecule has 0 aliphatic rings. The molecule has 0 atom stereocenters. The summed E-state index contributed by atoms with van der Waals surface area (Å²) in [6.07, 6.45) is 0. The van der Waals surface area contributed by atoms with Gasteiger partial charge in [-0.15, -0.1) is 10.2 Å². The van der Waals surface area contributed by atoms with E-state index in [1.807, 2.05) is 80.1 Å². The first-order valence-corrected chi connectivity index (χ1v) is 11.5. The fourth-order valence-electron chi connectivity index (χ4n) is 3.03. The van der Waals surface area contributed by atoms with Crippen molar-refractivity contribution in [3.8, 4) is 5.69 Å². The molecule has 31 heavy (non-hydrogen) atoms. The van der Waals surface area contributed by atoms with E-state index in [2.05, 4.69) is 25.9 Å². The average Bonchev–Trinajstić information content (AvgIpc) is 3.33. The Morgan fingerprint density at radius 3 is 2.52 bits per heavy atom. The van der Waals surface area contributed by atoms with Crippen LogP contribution in [-0.4, -0.2) is 31.6 Å². The maximum absolute atomic E-state index is 12.6. The summed E-state index contributed by atoms with van der Waals surface area (Å²) in [6, 6.07) is 17.9. The van der Waals surface area contributed by atoms with Crippen molar-refractivity contribution in [3.63, 3.8) is 0 Å². The molecule has 2 aromatic carbocycles. The predicted molar refractivity (Wildman–Crippen MR) is 127 cm³/mol. The van der Waals surface area contributed by atoms with E-state index in [1.54, 1.807) is 0 Å². The fourth-order valence-corrected chi connectivity index (χ4v) is 4.60. The second kappa shape index (κ2) is 9.32. The minimum absolute atomic E-state index is 0.104. The zero-order valence-corrected chi connectivity index (χ0v) is 19.0. The molecule has 158 valence electrons. The summed E-state index contributed by atoms with van der Waals surface area (Å²) < 4.78 is 2.58. The quantitative estimate of drug-likeness (QED) is 0.380. The molecule has 0 bridgehead atoms. The highest BCUT2D eigenvalue weighted by atomic mass is 32.2. The van der Waals surface area contributed by atoms with Crippen LogP contribution in [-0.2, 0) is 4.79 Å². The number of hydrogen-bond donors (Lipinski definition) is 2. The Labute approximate surface area is 188 Å². The molecule has 0 aliphatic carbocycles. The molecule has 0 saturated carbocycles. The molecule has 2 aromatic heterocycles. The maximum atomic E-state index is 12.6. The van der Waals surface area contributed by atoms with Gasteiger partial charge in [-0.1, -0.05) is 59.0 Å². The zero-order valence-electron chi connectivity index (χ0n) is 17.4. The number of hydrogen-bond acceptors (Lipinski definition) is 7. The molecule has 9 heteroatoms. The van der Waals surface area contributed by atoms with Gasteiger partial charge in [0.1, 0.15) is 0 Å². The van der Waals surface area contributed by atoms with Gasteiger partial charge in [0.15, 0.2) is 4.34 Å². The number of anilines is 3. The number of benzene rings is 2. The summed E-state index contributed by atoms with van der Waals surface area (Å²) in [4.78, 5) is 12.6. The third kappa shape index (κ3) is 5.12. The number of rotatable bonds is 7. The number of aryl methyl sites for hydroxylation is 2. The highest BCUT2D eigenvalue weighted by Crippen LogP contribution is 2.28. The Balaban J connectivity index is 1.37. The zero-order chi connectivity index (χ0) is 21.8. The molecule has 0 unspecified atom stereocenters. The Kier molecular flexibility index (Phi) is 6.34. The van der Waals surface area contributed by atoms with E-state index < -0.39 is 0 Å². The van der Waals surface area contributed by atoms with Crippen LogP contribution in [0.5, 0.6) is 0 Å². The number of carbonyl (C=O) groups is 1. The van der Waals surface area contributed by atoms with Crippen LogP contribution in [0.2, 0.25) is 0 Å². The lowest BCUT2D eigenvalue weighted by molar-refractivity contribution is -0.113. The van der Waals surface area contributed by atoms with Crippen LogP contribution in [0.1, 0.15) is 17.0 Å². The van der Waals surface area contributed by atoms with Crippen molar-refractivity contribution in [2.24, 2.45) is 0 Å². The van der Waals surface area contributed by atoms with Crippen LogP contribution in [0, 0.1) is 20.8 Å². The first-order chi connectivity index (χ1) is 15.0. The summed E-state index contributed by atoms with van der Waals surface area (Å²) in [5.41, 5.74) is 5.52. The first-order valence-electron chi connectivity index (χ1n) is 9.71. The van der Waals surface area contributed by atoms with Crippen LogP contribution in [0.3, 0.4) is 0 Å². The van der Waals surface area contributed by atoms with Gasteiger partial charge in [0, 0.05) is 5.69 Å². The van der Waals surface area contributed by atoms with Crippen molar-refractivity contribution in [2.75, 3.05) is 16.4 Å². The normalized spacial score (nSPS) is 10.8. The first kappa shape index (κ1) is 21.1. The van der Waals surface area contributed by atoms with Gasteiger partial charge < -0.3 is 10.6 Å². The second-order valence-electron chi connectivity index (χ2n) is 6.99. The van der Waals surface area contributed by atoms with Crippen LogP contribution in [0.25, 0.3) is 5.69 Å². The van der Waals surface area contributed by atoms with Gasteiger partial charge >= 0.3 is 0 Å². The lowest BCUT2D eigenvalue weighted by Gasteiger charge is -2.07. The van der Waals surface area contributed by atoms with Gasteiger partial charge in [-0.25, -0.2) is 4.68 Å². The highest BCUT2D eigenvalue weighted by Gasteiger charge is 2.16. The van der Waals surface area contributed by atoms with Gasteiger partial charge in [-0.2, -0.15) is 5.10 Å². The van der Waals surface area contributed by atoms with Gasteiger partial charge in [0.25, 0.3) is 0 Å². The van der Waals surface area contributed by atoms with Gasteiger partial charge in [0.2, 0.25) is 11.0 Å². The fraction of sp³-hybridized carbons (Fsp3) is 0.182. The predicted octanol–water partition coefficient (Wildman–Crippen LogP) is 5.12. The molecule has 1 amide bonds. The SMILES string of the molecule is Cc1ccc(-n2nc(C)c(NC(=O)CSc3nnc(Nc4ccccc4)s3)c2C)cc1. The molecule has 0 aliphatic heterocycles. The van der Waals surface area contributed by atoms with Crippen LogP contribution in [0.15, 0.2) is 58.9 Å². The van der Waals surface area contributed by atoms with Crippen LogP contribution >= 0.6 is 23.1 Å². The van der Waals surface area contributed by atoms with Gasteiger partial charge in [-0.3, -0.25) is 4.79 Å². The number of carbonyl (C=O) groups excluding carboxylic acids is 1. The molecule has 0 saturated heterocycles. The minimum atomic E-state index is -0.104. The minimum Gasteiger partial charge on any atom is -0.330 e. The monoisotopic (exact) mass is 450 g/mol. The standard InChI is InChI=1S/C22H22N6OS2/c1-14-9-11-18(12-10-14)28-16(3)20(15(2)27-28)24-19(29)13-30-22-26-25-21(31-22)23-17-7-5-4-6-8-17/h4-12H,13H2,1-3H3,(H,23,25)(H,24,29). The number of aromatic nitrogens is 4. The molecule has 0 fully saturated rings. The molecule has 2 N–H and O–H groups in total. The maximum Gasteiger partial charge on any atom is 0.234 e. The van der Waals surface area contributed by atoms with Gasteiger partial charge in [0.05, 0.1) is 28.5 Å². The third-order valence-electron chi connectivity index (χ3n) is 4.59.